The summed E-state index contributed by atoms with van der Waals surface area (Å²) >= 11 is 0. The number of hydrogen-bond donors (Lipinski definition) is 1. The van der Waals surface area contributed by atoms with Gasteiger partial charge in [-0.05, 0) is 52.9 Å². The third-order valence-electron chi connectivity index (χ3n) is 5.73. The van der Waals surface area contributed by atoms with E-state index in [2.05, 4.69) is 5.16 Å². The largest absolute Gasteiger partial charge is 0.444 e. The fourth-order valence-electron chi connectivity index (χ4n) is 4.05. The highest BCUT2D eigenvalue weighted by molar-refractivity contribution is 5.76. The average Bonchev–Trinajstić information content (AvgIpc) is 3.12. The third-order valence-corrected chi connectivity index (χ3v) is 5.73. The Morgan fingerprint density at radius 3 is 2.75 bits per heavy atom. The summed E-state index contributed by atoms with van der Waals surface area (Å²) in [5.41, 5.74) is 0.103. The zero-order chi connectivity index (χ0) is 20.1. The van der Waals surface area contributed by atoms with Crippen LogP contribution in [0.4, 0.5) is 9.59 Å². The number of carbonyl (C=O) groups is 2. The van der Waals surface area contributed by atoms with Gasteiger partial charge in [0.1, 0.15) is 11.3 Å². The molecule has 3 aliphatic rings. The van der Waals surface area contributed by atoms with Crippen molar-refractivity contribution in [3.8, 4) is 0 Å². The minimum atomic E-state index is -0.559. The van der Waals surface area contributed by atoms with Crippen molar-refractivity contribution in [2.24, 2.45) is 0 Å². The maximum atomic E-state index is 12.6. The maximum Gasteiger partial charge on any atom is 0.410 e. The highest BCUT2D eigenvalue weighted by atomic mass is 16.6. The highest BCUT2D eigenvalue weighted by Crippen LogP contribution is 2.37. The fraction of sp³-hybridized carbons (Fsp3) is 0.737. The van der Waals surface area contributed by atoms with Gasteiger partial charge in [-0.3, -0.25) is 10.1 Å². The Morgan fingerprint density at radius 1 is 1.36 bits per heavy atom. The highest BCUT2D eigenvalue weighted by Gasteiger charge is 2.45. The number of amides is 3. The molecule has 1 aliphatic carbocycles. The molecular formula is C19H28N4O5. The Morgan fingerprint density at radius 2 is 2.11 bits per heavy atom. The second-order valence-corrected chi connectivity index (χ2v) is 8.94. The van der Waals surface area contributed by atoms with Crippen LogP contribution < -0.4 is 0 Å². The standard InChI is InChI=1S/C19H28N4O5/c1-19(2,3)27-18(25)21(12-5-4-6-12)11-14-9-15(20-28-14)16-8-7-13-10-22(16)17(24)23(13)26/h9,12-13,16,26H,4-8,10-11H2,1-3H3/t13-,16+/m1/s1. The van der Waals surface area contributed by atoms with Gasteiger partial charge in [-0.2, -0.15) is 0 Å². The molecule has 28 heavy (non-hydrogen) atoms. The number of hydrogen-bond acceptors (Lipinski definition) is 6. The fourth-order valence-corrected chi connectivity index (χ4v) is 4.05. The van der Waals surface area contributed by atoms with Crippen molar-refractivity contribution in [3.63, 3.8) is 0 Å². The lowest BCUT2D eigenvalue weighted by molar-refractivity contribution is -0.0584. The molecule has 2 bridgehead atoms. The van der Waals surface area contributed by atoms with E-state index in [1.54, 1.807) is 9.80 Å². The molecule has 3 heterocycles. The Hall–Kier alpha value is -2.29. The van der Waals surface area contributed by atoms with Crippen LogP contribution >= 0.6 is 0 Å². The summed E-state index contributed by atoms with van der Waals surface area (Å²) in [6.07, 6.45) is 4.11. The number of nitrogens with zero attached hydrogens (tertiary/aromatic N) is 4. The number of carbonyl (C=O) groups excluding carboxylic acids is 2. The Balaban J connectivity index is 1.47. The molecule has 1 saturated carbocycles. The molecular weight excluding hydrogens is 364 g/mol. The molecule has 3 amide bonds. The van der Waals surface area contributed by atoms with Crippen LogP contribution in [-0.4, -0.2) is 61.6 Å². The van der Waals surface area contributed by atoms with E-state index in [9.17, 15) is 14.8 Å². The number of aromatic nitrogens is 1. The van der Waals surface area contributed by atoms with Crippen LogP contribution in [0.3, 0.4) is 0 Å². The molecule has 0 spiro atoms. The molecule has 4 rings (SSSR count). The zero-order valence-electron chi connectivity index (χ0n) is 16.6. The second kappa shape index (κ2) is 6.95. The minimum absolute atomic E-state index is 0.142. The molecule has 0 radical (unpaired) electrons. The summed E-state index contributed by atoms with van der Waals surface area (Å²) in [4.78, 5) is 28.2. The number of piperidine rings is 1. The van der Waals surface area contributed by atoms with E-state index in [-0.39, 0.29) is 30.2 Å². The van der Waals surface area contributed by atoms with E-state index in [1.807, 2.05) is 26.8 Å². The number of urea groups is 1. The van der Waals surface area contributed by atoms with E-state index >= 15 is 0 Å². The molecule has 1 N–H and O–H groups in total. The zero-order valence-corrected chi connectivity index (χ0v) is 16.6. The molecule has 1 aromatic heterocycles. The molecule has 2 saturated heterocycles. The smallest absolute Gasteiger partial charge is 0.410 e. The van der Waals surface area contributed by atoms with E-state index in [1.165, 1.54) is 0 Å². The Bertz CT molecular complexity index is 754. The minimum Gasteiger partial charge on any atom is -0.444 e. The van der Waals surface area contributed by atoms with E-state index < -0.39 is 5.60 Å². The van der Waals surface area contributed by atoms with Crippen molar-refractivity contribution >= 4 is 12.1 Å². The molecule has 0 aromatic carbocycles. The van der Waals surface area contributed by atoms with Gasteiger partial charge in [0.2, 0.25) is 0 Å². The van der Waals surface area contributed by atoms with Crippen LogP contribution in [0, 0.1) is 0 Å². The molecule has 3 fully saturated rings. The van der Waals surface area contributed by atoms with Crippen molar-refractivity contribution < 1.29 is 24.1 Å². The molecule has 1 aromatic rings. The van der Waals surface area contributed by atoms with Crippen molar-refractivity contribution in [1.82, 2.24) is 20.0 Å². The van der Waals surface area contributed by atoms with Crippen LogP contribution in [0.15, 0.2) is 10.6 Å². The first kappa shape index (κ1) is 19.0. The van der Waals surface area contributed by atoms with E-state index in [0.29, 0.717) is 24.5 Å². The van der Waals surface area contributed by atoms with Crippen LogP contribution in [0.2, 0.25) is 0 Å². The van der Waals surface area contributed by atoms with Crippen molar-refractivity contribution in [2.75, 3.05) is 6.54 Å². The summed E-state index contributed by atoms with van der Waals surface area (Å²) in [7, 11) is 0. The second-order valence-electron chi connectivity index (χ2n) is 8.94. The van der Waals surface area contributed by atoms with E-state index in [4.69, 9.17) is 9.26 Å². The molecule has 154 valence electrons. The SMILES string of the molecule is CC(C)(C)OC(=O)N(Cc1cc([C@@H]2CC[C@@H]3CN2C(=O)N3O)no1)C1CCC1. The summed E-state index contributed by atoms with van der Waals surface area (Å²) < 4.78 is 11.1. The Kier molecular flexibility index (Phi) is 4.73. The third kappa shape index (κ3) is 3.55. The molecule has 0 unspecified atom stereocenters. The van der Waals surface area contributed by atoms with Gasteiger partial charge in [-0.15, -0.1) is 0 Å². The summed E-state index contributed by atoms with van der Waals surface area (Å²) in [5, 5.41) is 14.8. The average molecular weight is 392 g/mol. The first-order valence-electron chi connectivity index (χ1n) is 9.97. The van der Waals surface area contributed by atoms with Gasteiger partial charge in [0, 0.05) is 18.7 Å². The first-order chi connectivity index (χ1) is 13.2. The normalized spacial score (nSPS) is 25.1. The number of ether oxygens (including phenoxy) is 1. The van der Waals surface area contributed by atoms with Crippen molar-refractivity contribution in [1.29, 1.82) is 0 Å². The lowest BCUT2D eigenvalue weighted by Gasteiger charge is -2.37. The lowest BCUT2D eigenvalue weighted by atomic mass is 9.91. The molecule has 9 heteroatoms. The predicted octanol–water partition coefficient (Wildman–Crippen LogP) is 3.29. The first-order valence-corrected chi connectivity index (χ1v) is 9.97. The number of hydroxylamine groups is 2. The lowest BCUT2D eigenvalue weighted by Crippen LogP contribution is -2.45. The topological polar surface area (TPSA) is 99.4 Å². The van der Waals surface area contributed by atoms with Gasteiger partial charge in [0.25, 0.3) is 0 Å². The van der Waals surface area contributed by atoms with Gasteiger partial charge in [-0.1, -0.05) is 5.16 Å². The quantitative estimate of drug-likeness (QED) is 0.790. The van der Waals surface area contributed by atoms with E-state index in [0.717, 1.165) is 37.2 Å². The summed E-state index contributed by atoms with van der Waals surface area (Å²) in [6.45, 7) is 6.34. The molecule has 2 atom stereocenters. The van der Waals surface area contributed by atoms with Gasteiger partial charge in [-0.25, -0.2) is 14.7 Å². The summed E-state index contributed by atoms with van der Waals surface area (Å²) in [5.74, 6) is 0.572. The monoisotopic (exact) mass is 392 g/mol. The van der Waals surface area contributed by atoms with Gasteiger partial charge >= 0.3 is 12.1 Å². The van der Waals surface area contributed by atoms with Crippen LogP contribution in [-0.2, 0) is 11.3 Å². The van der Waals surface area contributed by atoms with Crippen LogP contribution in [0.25, 0.3) is 0 Å². The van der Waals surface area contributed by atoms with Crippen molar-refractivity contribution in [2.45, 2.75) is 83.1 Å². The van der Waals surface area contributed by atoms with Gasteiger partial charge in [0.05, 0.1) is 18.6 Å². The van der Waals surface area contributed by atoms with Crippen molar-refractivity contribution in [3.05, 3.63) is 17.5 Å². The predicted molar refractivity (Wildman–Crippen MR) is 97.4 cm³/mol. The summed E-state index contributed by atoms with van der Waals surface area (Å²) in [6, 6.07) is 1.23. The van der Waals surface area contributed by atoms with Crippen LogP contribution in [0.5, 0.6) is 0 Å². The van der Waals surface area contributed by atoms with Crippen LogP contribution in [0.1, 0.15) is 70.4 Å². The number of fused-ring (bicyclic) bond motifs is 2. The molecule has 2 aliphatic heterocycles. The Labute approximate surface area is 164 Å². The van der Waals surface area contributed by atoms with Gasteiger partial charge < -0.3 is 14.2 Å². The molecule has 9 nitrogen and oxygen atoms in total. The van der Waals surface area contributed by atoms with Gasteiger partial charge in [0.15, 0.2) is 5.76 Å². The maximum absolute atomic E-state index is 12.6. The number of rotatable bonds is 4.